The summed E-state index contributed by atoms with van der Waals surface area (Å²) in [5.41, 5.74) is 2.57. The Morgan fingerprint density at radius 3 is 2.32 bits per heavy atom. The van der Waals surface area contributed by atoms with Gasteiger partial charge in [-0.1, -0.05) is 31.1 Å². The van der Waals surface area contributed by atoms with Crippen molar-refractivity contribution in [1.29, 1.82) is 0 Å². The molecule has 2 N–H and O–H groups in total. The Balaban J connectivity index is 1.57. The first kappa shape index (κ1) is 22.3. The average Bonchev–Trinajstić information content (AvgIpc) is 3.25. The molecule has 0 spiro atoms. The Kier molecular flexibility index (Phi) is 7.25. The maximum Gasteiger partial charge on any atom is 0.319 e. The first-order valence-corrected chi connectivity index (χ1v) is 10.2. The molecule has 0 fully saturated rings. The van der Waals surface area contributed by atoms with Crippen LogP contribution in [-0.4, -0.2) is 48.8 Å². The molecule has 3 rings (SSSR count). The van der Waals surface area contributed by atoms with E-state index in [0.717, 1.165) is 16.9 Å². The maximum absolute atomic E-state index is 12.4. The summed E-state index contributed by atoms with van der Waals surface area (Å²) in [5, 5.41) is 9.77. The van der Waals surface area contributed by atoms with Crippen LogP contribution in [-0.2, 0) is 0 Å². The lowest BCUT2D eigenvalue weighted by atomic mass is 10.1. The van der Waals surface area contributed by atoms with Crippen LogP contribution in [0.5, 0.6) is 5.75 Å². The Labute approximate surface area is 182 Å². The minimum Gasteiger partial charge on any atom is -0.497 e. The zero-order valence-corrected chi connectivity index (χ0v) is 18.5. The molecule has 0 saturated carbocycles. The second-order valence-electron chi connectivity index (χ2n) is 7.78. The van der Waals surface area contributed by atoms with E-state index in [4.69, 9.17) is 9.26 Å². The highest BCUT2D eigenvalue weighted by Gasteiger charge is 2.16. The highest BCUT2D eigenvalue weighted by Crippen LogP contribution is 2.23. The van der Waals surface area contributed by atoms with Gasteiger partial charge in [0.1, 0.15) is 5.75 Å². The molecule has 1 aromatic heterocycles. The van der Waals surface area contributed by atoms with E-state index in [9.17, 15) is 4.79 Å². The van der Waals surface area contributed by atoms with E-state index in [0.29, 0.717) is 23.9 Å². The van der Waals surface area contributed by atoms with Gasteiger partial charge in [0.2, 0.25) is 0 Å². The van der Waals surface area contributed by atoms with Crippen LogP contribution in [0.4, 0.5) is 10.5 Å². The van der Waals surface area contributed by atoms with Gasteiger partial charge in [-0.15, -0.1) is 0 Å². The van der Waals surface area contributed by atoms with E-state index >= 15 is 0 Å². The highest BCUT2D eigenvalue weighted by molar-refractivity contribution is 5.89. The van der Waals surface area contributed by atoms with E-state index < -0.39 is 0 Å². The molecule has 0 bridgehead atoms. The molecule has 31 heavy (non-hydrogen) atoms. The van der Waals surface area contributed by atoms with Crippen molar-refractivity contribution in [3.8, 4) is 17.2 Å². The summed E-state index contributed by atoms with van der Waals surface area (Å²) < 4.78 is 10.5. The van der Waals surface area contributed by atoms with Crippen molar-refractivity contribution in [3.63, 3.8) is 0 Å². The second-order valence-corrected chi connectivity index (χ2v) is 7.78. The predicted octanol–water partition coefficient (Wildman–Crippen LogP) is 4.29. The molecule has 8 nitrogen and oxygen atoms in total. The summed E-state index contributed by atoms with van der Waals surface area (Å²) in [6, 6.07) is 14.9. The Bertz CT molecular complexity index is 981. The molecule has 8 heteroatoms. The Morgan fingerprint density at radius 2 is 1.77 bits per heavy atom. The molecule has 0 aliphatic heterocycles. The number of amides is 2. The lowest BCUT2D eigenvalue weighted by molar-refractivity contribution is 0.243. The number of rotatable bonds is 8. The van der Waals surface area contributed by atoms with Crippen molar-refractivity contribution in [1.82, 2.24) is 20.4 Å². The van der Waals surface area contributed by atoms with Gasteiger partial charge in [0, 0.05) is 23.7 Å². The van der Waals surface area contributed by atoms with Gasteiger partial charge >= 0.3 is 6.03 Å². The lowest BCUT2D eigenvalue weighted by Crippen LogP contribution is -2.36. The third-order valence-electron chi connectivity index (χ3n) is 4.93. The fourth-order valence-corrected chi connectivity index (χ4v) is 3.07. The summed E-state index contributed by atoms with van der Waals surface area (Å²) in [5.74, 6) is 2.14. The lowest BCUT2D eigenvalue weighted by Gasteiger charge is -2.25. The molecule has 2 amide bonds. The smallest absolute Gasteiger partial charge is 0.319 e. The fraction of sp³-hybridized carbons (Fsp3) is 0.348. The van der Waals surface area contributed by atoms with Crippen LogP contribution in [0.1, 0.15) is 37.2 Å². The third-order valence-corrected chi connectivity index (χ3v) is 4.93. The minimum absolute atomic E-state index is 0.0340. The number of likely N-dealkylation sites (N-methyl/N-ethyl adjacent to an activating group) is 1. The summed E-state index contributed by atoms with van der Waals surface area (Å²) >= 11 is 0. The molecule has 2 aromatic carbocycles. The fourth-order valence-electron chi connectivity index (χ4n) is 3.07. The van der Waals surface area contributed by atoms with Gasteiger partial charge < -0.3 is 24.8 Å². The number of nitrogens with zero attached hydrogens (tertiary/aromatic N) is 3. The van der Waals surface area contributed by atoms with E-state index in [1.54, 1.807) is 19.2 Å². The number of ether oxygens (including phenoxy) is 1. The second kappa shape index (κ2) is 10.1. The first-order valence-electron chi connectivity index (χ1n) is 10.2. The van der Waals surface area contributed by atoms with Crippen molar-refractivity contribution in [2.75, 3.05) is 33.1 Å². The number of carbonyl (C=O) groups excluding carboxylic acids is 1. The number of hydrogen-bond acceptors (Lipinski definition) is 6. The maximum atomic E-state index is 12.4. The first-order chi connectivity index (χ1) is 14.9. The monoisotopic (exact) mass is 423 g/mol. The van der Waals surface area contributed by atoms with Gasteiger partial charge in [0.25, 0.3) is 5.89 Å². The predicted molar refractivity (Wildman–Crippen MR) is 120 cm³/mol. The van der Waals surface area contributed by atoms with E-state index in [2.05, 4.69) is 25.7 Å². The van der Waals surface area contributed by atoms with Crippen LogP contribution in [0.3, 0.4) is 0 Å². The average molecular weight is 424 g/mol. The molecule has 0 aliphatic rings. The van der Waals surface area contributed by atoms with Gasteiger partial charge in [-0.3, -0.25) is 0 Å². The summed E-state index contributed by atoms with van der Waals surface area (Å²) in [6.07, 6.45) is 0. The molecule has 1 unspecified atom stereocenters. The highest BCUT2D eigenvalue weighted by atomic mass is 16.5. The molecule has 0 saturated heterocycles. The Morgan fingerprint density at radius 1 is 1.10 bits per heavy atom. The van der Waals surface area contributed by atoms with Crippen LogP contribution >= 0.6 is 0 Å². The van der Waals surface area contributed by atoms with E-state index in [-0.39, 0.29) is 18.0 Å². The van der Waals surface area contributed by atoms with Crippen molar-refractivity contribution in [3.05, 3.63) is 59.9 Å². The molecular weight excluding hydrogens is 394 g/mol. The van der Waals surface area contributed by atoms with Crippen molar-refractivity contribution in [2.45, 2.75) is 25.8 Å². The topological polar surface area (TPSA) is 92.5 Å². The quantitative estimate of drug-likeness (QED) is 0.561. The molecule has 1 atom stereocenters. The number of aromatic nitrogens is 2. The molecular formula is C23H29N5O3. The van der Waals surface area contributed by atoms with Crippen LogP contribution in [0.15, 0.2) is 53.1 Å². The summed E-state index contributed by atoms with van der Waals surface area (Å²) in [4.78, 5) is 18.9. The Hall–Kier alpha value is -3.39. The third kappa shape index (κ3) is 5.82. The van der Waals surface area contributed by atoms with Crippen molar-refractivity contribution >= 4 is 11.7 Å². The van der Waals surface area contributed by atoms with Gasteiger partial charge in [-0.2, -0.15) is 4.98 Å². The number of methoxy groups -OCH3 is 1. The van der Waals surface area contributed by atoms with Gasteiger partial charge in [-0.05, 0) is 56.1 Å². The summed E-state index contributed by atoms with van der Waals surface area (Å²) in [7, 11) is 5.60. The van der Waals surface area contributed by atoms with Crippen LogP contribution < -0.4 is 15.4 Å². The van der Waals surface area contributed by atoms with Crippen molar-refractivity contribution in [2.24, 2.45) is 0 Å². The number of benzene rings is 2. The summed E-state index contributed by atoms with van der Waals surface area (Å²) in [6.45, 7) is 4.48. The number of carbonyl (C=O) groups is 1. The molecule has 1 heterocycles. The molecule has 0 radical (unpaired) electrons. The number of urea groups is 1. The van der Waals surface area contributed by atoms with Gasteiger partial charge in [-0.25, -0.2) is 4.79 Å². The van der Waals surface area contributed by atoms with E-state index in [1.807, 2.05) is 64.3 Å². The zero-order valence-electron chi connectivity index (χ0n) is 18.5. The van der Waals surface area contributed by atoms with Gasteiger partial charge in [0.15, 0.2) is 5.82 Å². The molecule has 3 aromatic rings. The number of hydrogen-bond donors (Lipinski definition) is 2. The van der Waals surface area contributed by atoms with E-state index in [1.165, 1.54) is 0 Å². The van der Waals surface area contributed by atoms with Gasteiger partial charge in [0.05, 0.1) is 13.2 Å². The van der Waals surface area contributed by atoms with Crippen LogP contribution in [0.25, 0.3) is 11.5 Å². The largest absolute Gasteiger partial charge is 0.497 e. The normalized spacial score (nSPS) is 12.1. The number of anilines is 1. The minimum atomic E-state index is -0.270. The zero-order chi connectivity index (χ0) is 22.4. The number of nitrogens with one attached hydrogen (secondary N) is 2. The standard InChI is InChI=1S/C23H29N5O3/c1-15(2)21-26-22(31-27-21)17-6-10-18(11-7-17)25-23(29)24-14-20(28(3)4)16-8-12-19(30-5)13-9-16/h6-13,15,20H,14H2,1-5H3,(H2,24,25,29). The molecule has 0 aliphatic carbocycles. The van der Waals surface area contributed by atoms with Crippen LogP contribution in [0.2, 0.25) is 0 Å². The SMILES string of the molecule is COc1ccc(C(CNC(=O)Nc2ccc(-c3nc(C(C)C)no3)cc2)N(C)C)cc1. The van der Waals surface area contributed by atoms with Crippen LogP contribution in [0, 0.1) is 0 Å². The molecule has 164 valence electrons. The van der Waals surface area contributed by atoms with Crippen molar-refractivity contribution < 1.29 is 14.1 Å².